The number of primary amides is 1. The van der Waals surface area contributed by atoms with Gasteiger partial charge in [0.1, 0.15) is 0 Å². The normalized spacial score (nSPS) is 17.7. The standard InChI is InChI=1S/C21H24BrN5O4S2/c22-16-2-1-15(33-16)14-11-32-21(24-14)25-18(29)20(31)27-9-5-13(6-10-27)19(30)26-7-3-12(4-8-26)17(23)28/h1-2,11-13H,3-10H2,(H2,23,28)(H,24,25,29). The lowest BCUT2D eigenvalue weighted by molar-refractivity contribution is -0.146. The monoisotopic (exact) mass is 553 g/mol. The molecular weight excluding hydrogens is 530 g/mol. The first kappa shape index (κ1) is 23.8. The molecule has 2 aliphatic heterocycles. The molecular formula is C21H24BrN5O4S2. The molecule has 0 unspecified atom stereocenters. The van der Waals surface area contributed by atoms with Crippen molar-refractivity contribution in [3.63, 3.8) is 0 Å². The third-order valence-electron chi connectivity index (χ3n) is 6.08. The van der Waals surface area contributed by atoms with Crippen LogP contribution >= 0.6 is 38.6 Å². The van der Waals surface area contributed by atoms with Crippen molar-refractivity contribution in [2.24, 2.45) is 17.6 Å². The largest absolute Gasteiger partial charge is 0.369 e. The summed E-state index contributed by atoms with van der Waals surface area (Å²) in [4.78, 5) is 57.8. The van der Waals surface area contributed by atoms with Gasteiger partial charge in [-0.3, -0.25) is 24.5 Å². The molecule has 2 fully saturated rings. The molecule has 0 bridgehead atoms. The molecule has 0 spiro atoms. The van der Waals surface area contributed by atoms with Crippen LogP contribution in [0.4, 0.5) is 5.13 Å². The van der Waals surface area contributed by atoms with Gasteiger partial charge in [0.15, 0.2) is 5.13 Å². The van der Waals surface area contributed by atoms with Crippen LogP contribution in [0.1, 0.15) is 25.7 Å². The summed E-state index contributed by atoms with van der Waals surface area (Å²) >= 11 is 6.22. The van der Waals surface area contributed by atoms with Crippen LogP contribution in [0.25, 0.3) is 10.6 Å². The highest BCUT2D eigenvalue weighted by molar-refractivity contribution is 9.11. The zero-order chi connectivity index (χ0) is 23.5. The van der Waals surface area contributed by atoms with Crippen LogP contribution in [-0.2, 0) is 19.2 Å². The highest BCUT2D eigenvalue weighted by atomic mass is 79.9. The van der Waals surface area contributed by atoms with Gasteiger partial charge in [-0.25, -0.2) is 4.98 Å². The van der Waals surface area contributed by atoms with Gasteiger partial charge in [-0.2, -0.15) is 0 Å². The number of rotatable bonds is 4. The van der Waals surface area contributed by atoms with E-state index < -0.39 is 11.8 Å². The molecule has 176 valence electrons. The molecule has 0 atom stereocenters. The Morgan fingerprint density at radius 3 is 2.24 bits per heavy atom. The van der Waals surface area contributed by atoms with E-state index in [1.165, 1.54) is 27.6 Å². The Hall–Kier alpha value is -2.31. The molecule has 12 heteroatoms. The third kappa shape index (κ3) is 5.61. The lowest BCUT2D eigenvalue weighted by Gasteiger charge is -2.36. The Morgan fingerprint density at radius 2 is 1.64 bits per heavy atom. The van der Waals surface area contributed by atoms with Gasteiger partial charge < -0.3 is 15.5 Å². The molecule has 2 saturated heterocycles. The van der Waals surface area contributed by atoms with Crippen LogP contribution in [0.2, 0.25) is 0 Å². The number of carbonyl (C=O) groups is 4. The lowest BCUT2D eigenvalue weighted by Crippen LogP contribution is -2.49. The first-order valence-electron chi connectivity index (χ1n) is 10.7. The van der Waals surface area contributed by atoms with Gasteiger partial charge in [-0.1, -0.05) is 0 Å². The van der Waals surface area contributed by atoms with Crippen molar-refractivity contribution >= 4 is 67.4 Å². The maximum atomic E-state index is 12.8. The van der Waals surface area contributed by atoms with Gasteiger partial charge in [0.05, 0.1) is 14.4 Å². The third-order valence-corrected chi connectivity index (χ3v) is 8.49. The molecule has 4 amide bonds. The first-order valence-corrected chi connectivity index (χ1v) is 13.2. The Morgan fingerprint density at radius 1 is 1.00 bits per heavy atom. The number of nitrogens with zero attached hydrogens (tertiary/aromatic N) is 3. The molecule has 4 heterocycles. The van der Waals surface area contributed by atoms with Crippen LogP contribution in [0.5, 0.6) is 0 Å². The number of thiazole rings is 1. The van der Waals surface area contributed by atoms with E-state index in [4.69, 9.17) is 5.73 Å². The van der Waals surface area contributed by atoms with Crippen molar-refractivity contribution in [2.45, 2.75) is 25.7 Å². The topological polar surface area (TPSA) is 126 Å². The van der Waals surface area contributed by atoms with E-state index in [1.54, 1.807) is 4.90 Å². The van der Waals surface area contributed by atoms with Gasteiger partial charge >= 0.3 is 11.8 Å². The second kappa shape index (κ2) is 10.3. The number of halogens is 1. The smallest absolute Gasteiger partial charge is 0.315 e. The van der Waals surface area contributed by atoms with Crippen molar-refractivity contribution in [2.75, 3.05) is 31.5 Å². The fourth-order valence-electron chi connectivity index (χ4n) is 4.16. The first-order chi connectivity index (χ1) is 15.8. The van der Waals surface area contributed by atoms with Crippen molar-refractivity contribution in [1.82, 2.24) is 14.8 Å². The van der Waals surface area contributed by atoms with E-state index in [2.05, 4.69) is 26.2 Å². The molecule has 0 saturated carbocycles. The number of anilines is 1. The van der Waals surface area contributed by atoms with Crippen molar-refractivity contribution in [1.29, 1.82) is 0 Å². The zero-order valence-corrected chi connectivity index (χ0v) is 21.0. The van der Waals surface area contributed by atoms with E-state index in [9.17, 15) is 19.2 Å². The molecule has 3 N–H and O–H groups in total. The van der Waals surface area contributed by atoms with Gasteiger partial charge in [0.25, 0.3) is 0 Å². The minimum Gasteiger partial charge on any atom is -0.369 e. The quantitative estimate of drug-likeness (QED) is 0.562. The number of thiophene rings is 1. The average molecular weight is 554 g/mol. The van der Waals surface area contributed by atoms with Crippen molar-refractivity contribution < 1.29 is 19.2 Å². The molecule has 9 nitrogen and oxygen atoms in total. The van der Waals surface area contributed by atoms with Gasteiger partial charge in [0.2, 0.25) is 11.8 Å². The maximum absolute atomic E-state index is 12.8. The number of hydrogen-bond acceptors (Lipinski definition) is 7. The summed E-state index contributed by atoms with van der Waals surface area (Å²) in [6.45, 7) is 1.78. The van der Waals surface area contributed by atoms with Crippen LogP contribution in [0.15, 0.2) is 21.3 Å². The number of nitrogens with one attached hydrogen (secondary N) is 1. The Kier molecular flexibility index (Phi) is 7.45. The zero-order valence-electron chi connectivity index (χ0n) is 17.8. The maximum Gasteiger partial charge on any atom is 0.315 e. The highest BCUT2D eigenvalue weighted by Crippen LogP contribution is 2.33. The van der Waals surface area contributed by atoms with E-state index in [1.807, 2.05) is 17.5 Å². The van der Waals surface area contributed by atoms with Crippen molar-refractivity contribution in [3.8, 4) is 10.6 Å². The molecule has 2 aromatic rings. The van der Waals surface area contributed by atoms with Crippen LogP contribution in [0.3, 0.4) is 0 Å². The number of aromatic nitrogens is 1. The van der Waals surface area contributed by atoms with Crippen LogP contribution in [0, 0.1) is 11.8 Å². The summed E-state index contributed by atoms with van der Waals surface area (Å²) in [5.74, 6) is -1.91. The summed E-state index contributed by atoms with van der Waals surface area (Å²) in [6, 6.07) is 3.87. The Bertz CT molecular complexity index is 1050. The molecule has 2 aromatic heterocycles. The van der Waals surface area contributed by atoms with Crippen LogP contribution in [-0.4, -0.2) is 64.6 Å². The molecule has 33 heavy (non-hydrogen) atoms. The second-order valence-corrected chi connectivity index (χ2v) is 11.5. The number of hydrogen-bond donors (Lipinski definition) is 2. The highest BCUT2D eigenvalue weighted by Gasteiger charge is 2.34. The van der Waals surface area contributed by atoms with Crippen molar-refractivity contribution in [3.05, 3.63) is 21.3 Å². The van der Waals surface area contributed by atoms with Gasteiger partial charge in [0, 0.05) is 43.4 Å². The summed E-state index contributed by atoms with van der Waals surface area (Å²) in [5.41, 5.74) is 6.11. The van der Waals surface area contributed by atoms with E-state index >= 15 is 0 Å². The van der Waals surface area contributed by atoms with E-state index in [0.717, 1.165) is 14.4 Å². The summed E-state index contributed by atoms with van der Waals surface area (Å²) in [7, 11) is 0. The minimum absolute atomic E-state index is 0.0602. The number of likely N-dealkylation sites (tertiary alicyclic amines) is 2. The number of nitrogens with two attached hydrogens (primary N) is 1. The van der Waals surface area contributed by atoms with Crippen LogP contribution < -0.4 is 11.1 Å². The predicted molar refractivity (Wildman–Crippen MR) is 130 cm³/mol. The number of amides is 4. The molecule has 0 aromatic carbocycles. The lowest BCUT2D eigenvalue weighted by atomic mass is 9.92. The average Bonchev–Trinajstić information content (AvgIpc) is 3.47. The van der Waals surface area contributed by atoms with Gasteiger partial charge in [-0.05, 0) is 53.7 Å². The molecule has 4 rings (SSSR count). The second-order valence-electron chi connectivity index (χ2n) is 8.16. The molecule has 0 aliphatic carbocycles. The summed E-state index contributed by atoms with van der Waals surface area (Å²) in [5, 5.41) is 4.80. The summed E-state index contributed by atoms with van der Waals surface area (Å²) < 4.78 is 0.989. The number of carbonyl (C=O) groups excluding carboxylic acids is 4. The minimum atomic E-state index is -0.721. The molecule has 0 radical (unpaired) electrons. The number of piperidine rings is 2. The Balaban J connectivity index is 1.25. The SMILES string of the molecule is NC(=O)C1CCN(C(=O)C2CCN(C(=O)C(=O)Nc3nc(-c4ccc(Br)s4)cs3)CC2)CC1. The molecule has 2 aliphatic rings. The summed E-state index contributed by atoms with van der Waals surface area (Å²) in [6.07, 6.45) is 2.23. The Labute approximate surface area is 207 Å². The van der Waals surface area contributed by atoms with E-state index in [-0.39, 0.29) is 23.7 Å². The fraction of sp³-hybridized carbons (Fsp3) is 0.476. The van der Waals surface area contributed by atoms with Gasteiger partial charge in [-0.15, -0.1) is 22.7 Å². The van der Waals surface area contributed by atoms with E-state index in [0.29, 0.717) is 57.0 Å². The fourth-order valence-corrected chi connectivity index (χ4v) is 6.29. The predicted octanol–water partition coefficient (Wildman–Crippen LogP) is 2.54.